The van der Waals surface area contributed by atoms with E-state index in [4.69, 9.17) is 5.84 Å². The Bertz CT molecular complexity index is 1520. The van der Waals surface area contributed by atoms with E-state index < -0.39 is 5.25 Å². The number of rotatable bonds is 5. The van der Waals surface area contributed by atoms with Crippen LogP contribution in [0.4, 0.5) is 5.69 Å². The second kappa shape index (κ2) is 8.51. The third kappa shape index (κ3) is 3.89. The highest BCUT2D eigenvalue weighted by molar-refractivity contribution is 8.00. The zero-order valence-corrected chi connectivity index (χ0v) is 20.0. The number of nitrogens with two attached hydrogens (primary N) is 1. The molecule has 3 N–H and O–H groups in total. The van der Waals surface area contributed by atoms with Crippen LogP contribution in [0.5, 0.6) is 0 Å². The first-order valence-corrected chi connectivity index (χ1v) is 11.7. The van der Waals surface area contributed by atoms with Crippen LogP contribution in [0.15, 0.2) is 53.7 Å². The highest BCUT2D eigenvalue weighted by Crippen LogP contribution is 2.30. The molecule has 1 unspecified atom stereocenters. The van der Waals surface area contributed by atoms with Crippen LogP contribution in [-0.2, 0) is 4.79 Å². The maximum atomic E-state index is 12.9. The number of aryl methyl sites for hydroxylation is 2. The van der Waals surface area contributed by atoms with E-state index in [0.29, 0.717) is 33.5 Å². The molecule has 4 aromatic rings. The molecule has 1 atom stereocenters. The summed E-state index contributed by atoms with van der Waals surface area (Å²) in [5.74, 6) is 5.73. The van der Waals surface area contributed by atoms with Crippen molar-refractivity contribution in [1.29, 1.82) is 0 Å². The Morgan fingerprint density at radius 1 is 0.971 bits per heavy atom. The number of benzene rings is 2. The minimum atomic E-state index is -0.580. The third-order valence-corrected chi connectivity index (χ3v) is 6.75. The van der Waals surface area contributed by atoms with E-state index in [-0.39, 0.29) is 23.0 Å². The third-order valence-electron chi connectivity index (χ3n) is 5.69. The standard InChI is InChI=1S/C24H21N7O3S/c1-12-10-13(2)31(29-12)23-27-28-24(30(23)25)35-14(3)22(34)26-15-8-9-18-19(11-15)21(33)17-7-5-4-6-16(17)20(18)32/h4-11,14H,25H2,1-3H3,(H,26,34). The quantitative estimate of drug-likeness (QED) is 0.285. The van der Waals surface area contributed by atoms with Crippen LogP contribution >= 0.6 is 11.8 Å². The zero-order valence-electron chi connectivity index (χ0n) is 19.1. The van der Waals surface area contributed by atoms with E-state index in [0.717, 1.165) is 23.1 Å². The molecule has 2 aromatic heterocycles. The van der Waals surface area contributed by atoms with Crippen molar-refractivity contribution in [1.82, 2.24) is 24.7 Å². The Labute approximate surface area is 204 Å². The van der Waals surface area contributed by atoms with Gasteiger partial charge in [-0.25, -0.2) is 9.36 Å². The lowest BCUT2D eigenvalue weighted by Gasteiger charge is -2.18. The van der Waals surface area contributed by atoms with E-state index >= 15 is 0 Å². The van der Waals surface area contributed by atoms with Gasteiger partial charge in [0, 0.05) is 33.6 Å². The Kier molecular flexibility index (Phi) is 5.48. The number of fused-ring (bicyclic) bond motifs is 2. The molecule has 5 rings (SSSR count). The summed E-state index contributed by atoms with van der Waals surface area (Å²) in [6, 6.07) is 13.3. The van der Waals surface area contributed by atoms with Gasteiger partial charge in [0.2, 0.25) is 11.1 Å². The van der Waals surface area contributed by atoms with Gasteiger partial charge in [0.1, 0.15) is 0 Å². The molecule has 176 valence electrons. The van der Waals surface area contributed by atoms with Crippen molar-refractivity contribution in [3.8, 4) is 5.95 Å². The van der Waals surface area contributed by atoms with Gasteiger partial charge < -0.3 is 11.2 Å². The largest absolute Gasteiger partial charge is 0.334 e. The van der Waals surface area contributed by atoms with Crippen molar-refractivity contribution in [3.63, 3.8) is 0 Å². The number of carbonyl (C=O) groups excluding carboxylic acids is 3. The van der Waals surface area contributed by atoms with E-state index in [9.17, 15) is 14.4 Å². The summed E-state index contributed by atoms with van der Waals surface area (Å²) in [5, 5.41) is 15.1. The number of ketones is 2. The molecule has 2 aromatic carbocycles. The predicted molar refractivity (Wildman–Crippen MR) is 130 cm³/mol. The zero-order chi connectivity index (χ0) is 24.9. The number of carbonyl (C=O) groups is 3. The fourth-order valence-corrected chi connectivity index (χ4v) is 4.72. The molecule has 0 aliphatic heterocycles. The van der Waals surface area contributed by atoms with Crippen molar-refractivity contribution in [2.45, 2.75) is 31.2 Å². The van der Waals surface area contributed by atoms with Crippen molar-refractivity contribution < 1.29 is 14.4 Å². The second-order valence-corrected chi connectivity index (χ2v) is 9.51. The maximum Gasteiger partial charge on any atom is 0.271 e. The van der Waals surface area contributed by atoms with Crippen LogP contribution < -0.4 is 11.2 Å². The Morgan fingerprint density at radius 2 is 1.63 bits per heavy atom. The van der Waals surface area contributed by atoms with E-state index in [1.165, 1.54) is 10.7 Å². The monoisotopic (exact) mass is 487 g/mol. The molecule has 0 saturated heterocycles. The Morgan fingerprint density at radius 3 is 2.29 bits per heavy atom. The Hall–Kier alpha value is -4.25. The predicted octanol–water partition coefficient (Wildman–Crippen LogP) is 2.69. The fourth-order valence-electron chi connectivity index (χ4n) is 3.96. The normalized spacial score (nSPS) is 13.3. The van der Waals surface area contributed by atoms with Crippen molar-refractivity contribution in [2.75, 3.05) is 11.2 Å². The lowest BCUT2D eigenvalue weighted by molar-refractivity contribution is -0.115. The first kappa shape index (κ1) is 22.5. The van der Waals surface area contributed by atoms with Crippen LogP contribution in [0.1, 0.15) is 50.2 Å². The number of nitrogen functional groups attached to an aromatic ring is 1. The molecule has 35 heavy (non-hydrogen) atoms. The summed E-state index contributed by atoms with van der Waals surface area (Å²) in [6.07, 6.45) is 0. The van der Waals surface area contributed by atoms with Crippen LogP contribution in [0, 0.1) is 13.8 Å². The second-order valence-electron chi connectivity index (χ2n) is 8.21. The molecular weight excluding hydrogens is 466 g/mol. The van der Waals surface area contributed by atoms with Gasteiger partial charge in [-0.2, -0.15) is 5.10 Å². The number of aromatic nitrogens is 5. The molecule has 1 aliphatic rings. The highest BCUT2D eigenvalue weighted by atomic mass is 32.2. The van der Waals surface area contributed by atoms with Crippen LogP contribution in [0.2, 0.25) is 0 Å². The van der Waals surface area contributed by atoms with Crippen molar-refractivity contribution >= 4 is 34.9 Å². The molecule has 0 radical (unpaired) electrons. The fraction of sp³-hybridized carbons (Fsp3) is 0.167. The molecule has 0 saturated carbocycles. The molecule has 10 nitrogen and oxygen atoms in total. The summed E-state index contributed by atoms with van der Waals surface area (Å²) in [5.41, 5.74) is 3.42. The first-order chi connectivity index (χ1) is 16.7. The van der Waals surface area contributed by atoms with Gasteiger partial charge in [-0.05, 0) is 45.0 Å². The smallest absolute Gasteiger partial charge is 0.271 e. The lowest BCUT2D eigenvalue weighted by Crippen LogP contribution is -2.25. The summed E-state index contributed by atoms with van der Waals surface area (Å²) < 4.78 is 2.87. The molecule has 2 heterocycles. The average Bonchev–Trinajstić information content (AvgIpc) is 3.37. The van der Waals surface area contributed by atoms with Crippen LogP contribution in [0.25, 0.3) is 5.95 Å². The number of anilines is 1. The summed E-state index contributed by atoms with van der Waals surface area (Å²) >= 11 is 1.14. The molecule has 1 amide bonds. The molecule has 0 fully saturated rings. The lowest BCUT2D eigenvalue weighted by atomic mass is 9.84. The van der Waals surface area contributed by atoms with Gasteiger partial charge in [-0.15, -0.1) is 10.2 Å². The van der Waals surface area contributed by atoms with E-state index in [2.05, 4.69) is 20.6 Å². The van der Waals surface area contributed by atoms with Gasteiger partial charge in [-0.1, -0.05) is 36.0 Å². The number of thioether (sulfide) groups is 1. The topological polar surface area (TPSA) is 138 Å². The molecule has 0 bridgehead atoms. The Balaban J connectivity index is 1.32. The SMILES string of the molecule is Cc1cc(C)n(-c2nnc(SC(C)C(=O)Nc3ccc4c(c3)C(=O)c3ccccc3C4=O)n2N)n1. The van der Waals surface area contributed by atoms with Crippen LogP contribution in [0.3, 0.4) is 0 Å². The summed E-state index contributed by atoms with van der Waals surface area (Å²) in [7, 11) is 0. The molecule has 1 aliphatic carbocycles. The van der Waals surface area contributed by atoms with Crippen molar-refractivity contribution in [3.05, 3.63) is 82.2 Å². The first-order valence-electron chi connectivity index (χ1n) is 10.8. The number of nitrogens with zero attached hydrogens (tertiary/aromatic N) is 5. The minimum Gasteiger partial charge on any atom is -0.334 e. The average molecular weight is 488 g/mol. The van der Waals surface area contributed by atoms with Gasteiger partial charge in [0.05, 0.1) is 10.9 Å². The van der Waals surface area contributed by atoms with E-state index in [1.54, 1.807) is 48.0 Å². The molecule has 0 spiro atoms. The minimum absolute atomic E-state index is 0.210. The number of hydrogen-bond acceptors (Lipinski definition) is 8. The van der Waals surface area contributed by atoms with E-state index in [1.807, 2.05) is 19.9 Å². The van der Waals surface area contributed by atoms with Gasteiger partial charge >= 0.3 is 0 Å². The number of hydrogen-bond donors (Lipinski definition) is 2. The van der Waals surface area contributed by atoms with Gasteiger partial charge in [-0.3, -0.25) is 14.4 Å². The highest BCUT2D eigenvalue weighted by Gasteiger charge is 2.30. The van der Waals surface area contributed by atoms with Crippen LogP contribution in [-0.4, -0.2) is 47.4 Å². The maximum absolute atomic E-state index is 12.9. The van der Waals surface area contributed by atoms with Gasteiger partial charge in [0.15, 0.2) is 11.6 Å². The number of nitrogens with one attached hydrogen (secondary N) is 1. The number of amides is 1. The molecular formula is C24H21N7O3S. The summed E-state index contributed by atoms with van der Waals surface area (Å²) in [4.78, 5) is 38.6. The van der Waals surface area contributed by atoms with Crippen molar-refractivity contribution in [2.24, 2.45) is 0 Å². The summed E-state index contributed by atoms with van der Waals surface area (Å²) in [6.45, 7) is 5.46. The molecule has 11 heteroatoms. The van der Waals surface area contributed by atoms with Gasteiger partial charge in [0.25, 0.3) is 5.95 Å².